The van der Waals surface area contributed by atoms with Crippen LogP contribution >= 0.6 is 0 Å². The molecular weight excluding hydrogens is 705 g/mol. The zero-order chi connectivity index (χ0) is 42.4. The quantitative estimate of drug-likeness (QED) is 0.144. The number of aromatic nitrogens is 1. The van der Waals surface area contributed by atoms with Gasteiger partial charge in [0, 0.05) is 21.9 Å². The molecule has 58 heavy (non-hydrogen) atoms. The number of hydrogen-bond acceptors (Lipinski definition) is 2. The molecular formula is C55H66N2O. The minimum Gasteiger partial charge on any atom is -0.309 e. The summed E-state index contributed by atoms with van der Waals surface area (Å²) >= 11 is 0. The summed E-state index contributed by atoms with van der Waals surface area (Å²) < 4.78 is 2.46. The average Bonchev–Trinajstić information content (AvgIpc) is 3.15. The van der Waals surface area contributed by atoms with Crippen molar-refractivity contribution < 1.29 is 0 Å². The molecule has 0 N–H and O–H groups in total. The maximum Gasteiger partial charge on any atom is 0.197 e. The number of rotatable bonds is 8. The van der Waals surface area contributed by atoms with Gasteiger partial charge in [-0.1, -0.05) is 114 Å². The van der Waals surface area contributed by atoms with Gasteiger partial charge in [-0.25, -0.2) is 0 Å². The number of aryl methyl sites for hydroxylation is 4. The Morgan fingerprint density at radius 3 is 1.29 bits per heavy atom. The molecule has 1 aromatic heterocycles. The van der Waals surface area contributed by atoms with Gasteiger partial charge in [-0.3, -0.25) is 4.79 Å². The molecule has 1 aliphatic heterocycles. The average molecular weight is 771 g/mol. The van der Waals surface area contributed by atoms with Crippen LogP contribution in [0.2, 0.25) is 0 Å². The summed E-state index contributed by atoms with van der Waals surface area (Å²) in [6.45, 7) is 41.2. The molecule has 2 heterocycles. The van der Waals surface area contributed by atoms with Crippen molar-refractivity contribution in [1.29, 1.82) is 0 Å². The van der Waals surface area contributed by atoms with Crippen molar-refractivity contribution >= 4 is 44.4 Å². The number of benzene rings is 5. The molecule has 7 rings (SSSR count). The van der Waals surface area contributed by atoms with E-state index in [0.29, 0.717) is 11.8 Å². The molecule has 0 bridgehead atoms. The Morgan fingerprint density at radius 1 is 0.431 bits per heavy atom. The summed E-state index contributed by atoms with van der Waals surface area (Å²) in [6, 6.07) is 23.3. The zero-order valence-electron chi connectivity index (χ0n) is 38.2. The molecule has 6 aromatic rings. The summed E-state index contributed by atoms with van der Waals surface area (Å²) in [7, 11) is 0. The lowest BCUT2D eigenvalue weighted by molar-refractivity contribution is 0.790. The second kappa shape index (κ2) is 15.0. The molecule has 0 saturated carbocycles. The minimum absolute atomic E-state index is 0.0721. The molecule has 3 nitrogen and oxygen atoms in total. The number of nitrogens with zero attached hydrogens (tertiary/aromatic N) is 2. The molecule has 0 unspecified atom stereocenters. The van der Waals surface area contributed by atoms with Gasteiger partial charge < -0.3 is 9.47 Å². The van der Waals surface area contributed by atoms with Crippen LogP contribution in [0.3, 0.4) is 0 Å². The monoisotopic (exact) mass is 771 g/mol. The highest BCUT2D eigenvalue weighted by Crippen LogP contribution is 2.54. The SMILES string of the molecule is C=C1c2cc(C)c(C)cc2N(c2c(C(C)C)cc(C(C)C)cc2C(C)C)c2cc3c(=O)c4cc(C)c(C)cc4n(-c4c(C(C)C)cc(C(C)C)cc4C(C)C)c3cc21. The highest BCUT2D eigenvalue weighted by molar-refractivity contribution is 6.07. The molecule has 0 atom stereocenters. The van der Waals surface area contributed by atoms with E-state index in [2.05, 4.69) is 181 Å². The number of hydrogen-bond donors (Lipinski definition) is 0. The Kier molecular flexibility index (Phi) is 10.7. The molecule has 5 aromatic carbocycles. The predicted molar refractivity (Wildman–Crippen MR) is 253 cm³/mol. The van der Waals surface area contributed by atoms with Gasteiger partial charge in [0.15, 0.2) is 5.43 Å². The van der Waals surface area contributed by atoms with E-state index in [-0.39, 0.29) is 29.1 Å². The maximum atomic E-state index is 15.3. The topological polar surface area (TPSA) is 25.2 Å². The van der Waals surface area contributed by atoms with Gasteiger partial charge in [0.25, 0.3) is 0 Å². The number of anilines is 3. The standard InChI is InChI=1S/C55H66N2O/c1-28(2)39-22-41(30(5)6)53(42(23-39)31(7)8)56-49-20-36(15)34(13)18-45(49)38(17)46-26-52-48(27-51(46)56)55(58)47-19-35(14)37(16)21-50(47)57(52)54-43(32(9)10)24-40(29(3)4)25-44(54)33(11)12/h18-33H,17H2,1-16H3. The van der Waals surface area contributed by atoms with Gasteiger partial charge in [-0.2, -0.15) is 0 Å². The van der Waals surface area contributed by atoms with E-state index in [4.69, 9.17) is 6.58 Å². The van der Waals surface area contributed by atoms with Crippen LogP contribution in [-0.2, 0) is 0 Å². The smallest absolute Gasteiger partial charge is 0.197 e. The summed E-state index contributed by atoms with van der Waals surface area (Å²) in [6.07, 6.45) is 0. The second-order valence-electron chi connectivity index (χ2n) is 19.3. The predicted octanol–water partition coefficient (Wildman–Crippen LogP) is 16.0. The third-order valence-corrected chi connectivity index (χ3v) is 13.1. The number of fused-ring (bicyclic) bond motifs is 4. The molecule has 1 aliphatic rings. The van der Waals surface area contributed by atoms with E-state index >= 15 is 4.79 Å². The first kappa shape index (κ1) is 41.3. The minimum atomic E-state index is 0.0721. The van der Waals surface area contributed by atoms with Crippen LogP contribution < -0.4 is 10.3 Å². The highest BCUT2D eigenvalue weighted by atomic mass is 16.1. The van der Waals surface area contributed by atoms with E-state index in [9.17, 15) is 0 Å². The van der Waals surface area contributed by atoms with Crippen LogP contribution in [0, 0.1) is 27.7 Å². The van der Waals surface area contributed by atoms with Crippen molar-refractivity contribution in [2.24, 2.45) is 0 Å². The van der Waals surface area contributed by atoms with Crippen molar-refractivity contribution in [2.45, 2.75) is 146 Å². The third kappa shape index (κ3) is 6.63. The van der Waals surface area contributed by atoms with Gasteiger partial charge in [0.2, 0.25) is 0 Å². The van der Waals surface area contributed by atoms with E-state index in [0.717, 1.165) is 55.4 Å². The summed E-state index contributed by atoms with van der Waals surface area (Å²) in [4.78, 5) is 17.8. The van der Waals surface area contributed by atoms with Gasteiger partial charge >= 0.3 is 0 Å². The Labute approximate surface area is 348 Å². The van der Waals surface area contributed by atoms with Gasteiger partial charge in [-0.15, -0.1) is 0 Å². The van der Waals surface area contributed by atoms with E-state index in [1.807, 2.05) is 0 Å². The van der Waals surface area contributed by atoms with Crippen molar-refractivity contribution in [3.05, 3.63) is 144 Å². The normalized spacial score (nSPS) is 13.1. The molecule has 3 heteroatoms. The molecule has 0 amide bonds. The van der Waals surface area contributed by atoms with E-state index in [1.165, 1.54) is 61.4 Å². The number of pyridine rings is 1. The van der Waals surface area contributed by atoms with Gasteiger partial charge in [0.1, 0.15) is 0 Å². The highest BCUT2D eigenvalue weighted by Gasteiger charge is 2.34. The molecule has 0 saturated heterocycles. The lowest BCUT2D eigenvalue weighted by Gasteiger charge is -2.39. The third-order valence-electron chi connectivity index (χ3n) is 13.1. The first-order valence-corrected chi connectivity index (χ1v) is 21.8. The van der Waals surface area contributed by atoms with Crippen molar-refractivity contribution in [1.82, 2.24) is 4.57 Å². The van der Waals surface area contributed by atoms with Gasteiger partial charge in [-0.05, 0) is 161 Å². The van der Waals surface area contributed by atoms with Gasteiger partial charge in [0.05, 0.1) is 33.8 Å². The Morgan fingerprint density at radius 2 is 0.810 bits per heavy atom. The first-order valence-electron chi connectivity index (χ1n) is 21.8. The molecule has 0 aliphatic carbocycles. The zero-order valence-corrected chi connectivity index (χ0v) is 38.2. The fourth-order valence-corrected chi connectivity index (χ4v) is 9.15. The Hall–Kier alpha value is -4.89. The van der Waals surface area contributed by atoms with Crippen LogP contribution in [0.4, 0.5) is 17.1 Å². The van der Waals surface area contributed by atoms with E-state index < -0.39 is 0 Å². The van der Waals surface area contributed by atoms with E-state index in [1.54, 1.807) is 0 Å². The van der Waals surface area contributed by atoms with Crippen LogP contribution in [0.1, 0.15) is 185 Å². The lowest BCUT2D eigenvalue weighted by Crippen LogP contribution is -2.23. The second-order valence-corrected chi connectivity index (χ2v) is 19.3. The molecule has 0 radical (unpaired) electrons. The van der Waals surface area contributed by atoms with Crippen molar-refractivity contribution in [2.75, 3.05) is 4.90 Å². The maximum absolute atomic E-state index is 15.3. The Balaban J connectivity index is 1.73. The van der Waals surface area contributed by atoms with Crippen LogP contribution in [0.5, 0.6) is 0 Å². The summed E-state index contributed by atoms with van der Waals surface area (Å²) in [5, 5.41) is 1.49. The fraction of sp³-hybridized carbons (Fsp3) is 0.400. The largest absolute Gasteiger partial charge is 0.309 e. The first-order chi connectivity index (χ1) is 27.2. The molecule has 0 spiro atoms. The molecule has 0 fully saturated rings. The molecule has 302 valence electrons. The van der Waals surface area contributed by atoms with Crippen LogP contribution in [-0.4, -0.2) is 4.57 Å². The lowest BCUT2D eigenvalue weighted by atomic mass is 9.83. The summed E-state index contributed by atoms with van der Waals surface area (Å²) in [5.74, 6) is 1.88. The van der Waals surface area contributed by atoms with Crippen LogP contribution in [0.25, 0.3) is 33.1 Å². The fourth-order valence-electron chi connectivity index (χ4n) is 9.15. The van der Waals surface area contributed by atoms with Crippen molar-refractivity contribution in [3.63, 3.8) is 0 Å². The summed E-state index contributed by atoms with van der Waals surface area (Å²) in [5.41, 5.74) is 22.5. The Bertz CT molecular complexity index is 2650. The van der Waals surface area contributed by atoms with Crippen molar-refractivity contribution in [3.8, 4) is 5.69 Å². The van der Waals surface area contributed by atoms with Crippen LogP contribution in [0.15, 0.2) is 72.0 Å².